The Labute approximate surface area is 312 Å². The van der Waals surface area contributed by atoms with E-state index in [9.17, 15) is 14.4 Å². The van der Waals surface area contributed by atoms with Gasteiger partial charge in [-0.15, -0.1) is 0 Å². The van der Waals surface area contributed by atoms with Gasteiger partial charge < -0.3 is 32.3 Å². The number of carbonyl (C=O) groups excluding carboxylic acids is 3. The van der Waals surface area contributed by atoms with Crippen LogP contribution in [0.4, 0.5) is 0 Å². The van der Waals surface area contributed by atoms with E-state index in [2.05, 4.69) is 50.1 Å². The monoisotopic (exact) mass is 780 g/mol. The Morgan fingerprint density at radius 1 is 0.860 bits per heavy atom. The molecule has 1 aliphatic heterocycles. The van der Waals surface area contributed by atoms with Gasteiger partial charge in [0.05, 0.1) is 11.1 Å². The third-order valence-corrected chi connectivity index (χ3v) is 12.0. The topological polar surface area (TPSA) is 143 Å². The molecule has 0 radical (unpaired) electrons. The number of halogens is 2. The smallest absolute Gasteiger partial charge is 0.245 e. The summed E-state index contributed by atoms with van der Waals surface area (Å²) in [5, 5.41) is 10.2. The molecule has 0 fully saturated rings. The van der Waals surface area contributed by atoms with E-state index in [0.29, 0.717) is 63.2 Å². The molecule has 0 unspecified atom stereocenters. The van der Waals surface area contributed by atoms with E-state index in [0.717, 1.165) is 42.9 Å². The minimum atomic E-state index is -0.836. The van der Waals surface area contributed by atoms with Crippen molar-refractivity contribution < 1.29 is 14.4 Å². The van der Waals surface area contributed by atoms with Gasteiger partial charge in [-0.05, 0) is 108 Å². The van der Waals surface area contributed by atoms with E-state index in [4.69, 9.17) is 23.1 Å². The first kappa shape index (κ1) is 38.1. The van der Waals surface area contributed by atoms with Crippen LogP contribution in [0.1, 0.15) is 60.8 Å². The van der Waals surface area contributed by atoms with Gasteiger partial charge >= 0.3 is 0 Å². The largest absolute Gasteiger partial charge is 0.350 e. The van der Waals surface area contributed by atoms with Crippen molar-refractivity contribution in [2.75, 3.05) is 20.1 Å². The maximum atomic E-state index is 14.4. The third-order valence-electron chi connectivity index (χ3n) is 9.35. The van der Waals surface area contributed by atoms with Gasteiger partial charge in [-0.1, -0.05) is 78.0 Å². The fourth-order valence-electron chi connectivity index (χ4n) is 6.45. The molecule has 5 rings (SSSR count). The standard InChI is InChI=1S/C38H46BrClN6O3S/c1-46-32(21-25-16-15-24-9-2-4-11-28(24)25)37(48)44-23-27-17-18-29(39)34(40)35(27)50-33-14-5-3-10-26(33)22-43-30(13-8-20-42)36(47)45-31(38(46)49)12-6-7-19-41/h2-5,9-11,14,16-18,30-32,43H,6-8,12-13,15,19-23,41-42H2,1H3,(H,44,48)(H,45,47)/t30-,31-,32-/m0/s1. The molecule has 3 aromatic rings. The van der Waals surface area contributed by atoms with Gasteiger partial charge in [-0.25, -0.2) is 0 Å². The van der Waals surface area contributed by atoms with Crippen molar-refractivity contribution in [1.29, 1.82) is 0 Å². The van der Waals surface area contributed by atoms with Crippen LogP contribution in [0.3, 0.4) is 0 Å². The van der Waals surface area contributed by atoms with Gasteiger partial charge in [0.1, 0.15) is 12.1 Å². The summed E-state index contributed by atoms with van der Waals surface area (Å²) in [6.07, 6.45) is 6.11. The molecule has 50 heavy (non-hydrogen) atoms. The van der Waals surface area contributed by atoms with Gasteiger partial charge in [-0.3, -0.25) is 14.4 Å². The average molecular weight is 782 g/mol. The molecule has 0 saturated heterocycles. The zero-order valence-corrected chi connectivity index (χ0v) is 31.5. The van der Waals surface area contributed by atoms with Crippen molar-refractivity contribution in [3.8, 4) is 0 Å². The van der Waals surface area contributed by atoms with Crippen molar-refractivity contribution in [2.45, 2.75) is 86.0 Å². The van der Waals surface area contributed by atoms with Crippen LogP contribution in [0, 0.1) is 0 Å². The van der Waals surface area contributed by atoms with Gasteiger partial charge in [0.2, 0.25) is 17.7 Å². The first-order valence-electron chi connectivity index (χ1n) is 17.2. The molecule has 3 aromatic carbocycles. The lowest BCUT2D eigenvalue weighted by Crippen LogP contribution is -2.56. The lowest BCUT2D eigenvalue weighted by molar-refractivity contribution is -0.142. The van der Waals surface area contributed by atoms with E-state index in [1.54, 1.807) is 7.05 Å². The quantitative estimate of drug-likeness (QED) is 0.179. The number of nitrogens with two attached hydrogens (primary N) is 2. The molecule has 266 valence electrons. The van der Waals surface area contributed by atoms with Gasteiger partial charge in [0.25, 0.3) is 0 Å². The number of likely N-dealkylation sites (N-methyl/N-ethyl adjacent to an activating group) is 1. The number of rotatable bonds is 9. The molecular formula is C38H46BrClN6O3S. The van der Waals surface area contributed by atoms with Crippen molar-refractivity contribution >= 4 is 62.6 Å². The molecule has 2 aliphatic rings. The number of amides is 3. The highest BCUT2D eigenvalue weighted by Gasteiger charge is 2.35. The Morgan fingerprint density at radius 2 is 1.58 bits per heavy atom. The Morgan fingerprint density at radius 3 is 2.36 bits per heavy atom. The van der Waals surface area contributed by atoms with Crippen LogP contribution < -0.4 is 27.4 Å². The lowest BCUT2D eigenvalue weighted by Gasteiger charge is -2.32. The number of carbonyl (C=O) groups is 3. The number of fused-ring (bicyclic) bond motifs is 3. The summed E-state index contributed by atoms with van der Waals surface area (Å²) in [6.45, 7) is 1.53. The molecule has 0 spiro atoms. The van der Waals surface area contributed by atoms with Crippen molar-refractivity contribution in [3.05, 3.63) is 98.5 Å². The molecule has 0 saturated carbocycles. The van der Waals surface area contributed by atoms with E-state index >= 15 is 0 Å². The number of nitrogens with zero attached hydrogens (tertiary/aromatic N) is 1. The van der Waals surface area contributed by atoms with Crippen LogP contribution in [0.15, 0.2) is 81.0 Å². The van der Waals surface area contributed by atoms with Crippen LogP contribution in [0.25, 0.3) is 5.57 Å². The SMILES string of the molecule is CN1C(=O)[C@H](CCCCN)NC(=O)[C@H](CCCN)NCc2ccccc2Sc2c(ccc(Br)c2Cl)CNC(=O)[C@@H]1CC1=CCc2ccccc21. The predicted octanol–water partition coefficient (Wildman–Crippen LogP) is 5.55. The summed E-state index contributed by atoms with van der Waals surface area (Å²) >= 11 is 12.0. The number of nitrogens with one attached hydrogen (secondary N) is 3. The first-order chi connectivity index (χ1) is 24.2. The van der Waals surface area contributed by atoms with Crippen molar-refractivity contribution in [3.63, 3.8) is 0 Å². The molecule has 0 bridgehead atoms. The van der Waals surface area contributed by atoms with Crippen LogP contribution in [0.5, 0.6) is 0 Å². The molecule has 9 nitrogen and oxygen atoms in total. The molecule has 1 heterocycles. The zero-order valence-electron chi connectivity index (χ0n) is 28.4. The Bertz CT molecular complexity index is 1720. The van der Waals surface area contributed by atoms with Crippen LogP contribution >= 0.6 is 39.3 Å². The Kier molecular flexibility index (Phi) is 14.0. The first-order valence-corrected chi connectivity index (χ1v) is 19.2. The Balaban J connectivity index is 1.55. The number of hydrogen-bond acceptors (Lipinski definition) is 7. The van der Waals surface area contributed by atoms with Crippen molar-refractivity contribution in [2.24, 2.45) is 11.5 Å². The summed E-state index contributed by atoms with van der Waals surface area (Å²) in [6, 6.07) is 17.7. The highest BCUT2D eigenvalue weighted by molar-refractivity contribution is 9.10. The lowest BCUT2D eigenvalue weighted by atomic mass is 9.97. The number of hydrogen-bond donors (Lipinski definition) is 5. The molecule has 1 aliphatic carbocycles. The highest BCUT2D eigenvalue weighted by Crippen LogP contribution is 2.41. The maximum Gasteiger partial charge on any atom is 0.245 e. The van der Waals surface area contributed by atoms with Crippen molar-refractivity contribution in [1.82, 2.24) is 20.9 Å². The minimum Gasteiger partial charge on any atom is -0.350 e. The minimum absolute atomic E-state index is 0.209. The maximum absolute atomic E-state index is 14.4. The second kappa shape index (κ2) is 18.3. The Hall–Kier alpha value is -3.19. The highest BCUT2D eigenvalue weighted by atomic mass is 79.9. The summed E-state index contributed by atoms with van der Waals surface area (Å²) < 4.78 is 0.743. The molecule has 7 N–H and O–H groups in total. The predicted molar refractivity (Wildman–Crippen MR) is 205 cm³/mol. The van der Waals surface area contributed by atoms with Gasteiger partial charge in [0.15, 0.2) is 0 Å². The summed E-state index contributed by atoms with van der Waals surface area (Å²) in [5.74, 6) is -0.893. The van der Waals surface area contributed by atoms with Gasteiger partial charge in [-0.2, -0.15) is 0 Å². The second-order valence-electron chi connectivity index (χ2n) is 12.7. The summed E-state index contributed by atoms with van der Waals surface area (Å²) in [7, 11) is 1.66. The molecule has 3 amide bonds. The third kappa shape index (κ3) is 9.37. The van der Waals surface area contributed by atoms with E-state index in [1.165, 1.54) is 22.2 Å². The number of benzene rings is 3. The fourth-order valence-corrected chi connectivity index (χ4v) is 8.32. The second-order valence-corrected chi connectivity index (χ2v) is 15.0. The molecular weight excluding hydrogens is 736 g/mol. The fraction of sp³-hybridized carbons (Fsp3) is 0.395. The number of allylic oxidation sites excluding steroid dienone is 1. The van der Waals surface area contributed by atoms with Crippen LogP contribution in [-0.2, 0) is 33.9 Å². The zero-order chi connectivity index (χ0) is 35.6. The van der Waals surface area contributed by atoms with E-state index < -0.39 is 18.1 Å². The normalized spacial score (nSPS) is 20.3. The van der Waals surface area contributed by atoms with Crippen LogP contribution in [0.2, 0.25) is 5.02 Å². The molecule has 12 heteroatoms. The molecule has 0 aromatic heterocycles. The average Bonchev–Trinajstić information content (AvgIpc) is 3.54. The van der Waals surface area contributed by atoms with Gasteiger partial charge in [0, 0.05) is 40.8 Å². The molecule has 3 atom stereocenters. The van der Waals surface area contributed by atoms with Crippen LogP contribution in [-0.4, -0.2) is 60.9 Å². The summed E-state index contributed by atoms with van der Waals surface area (Å²) in [5.41, 5.74) is 16.8. The number of unbranched alkanes of at least 4 members (excludes halogenated alkanes) is 1. The summed E-state index contributed by atoms with van der Waals surface area (Å²) in [4.78, 5) is 45.9. The van der Waals surface area contributed by atoms with E-state index in [-0.39, 0.29) is 24.3 Å². The van der Waals surface area contributed by atoms with E-state index in [1.807, 2.05) is 48.5 Å².